The Balaban J connectivity index is 1.83. The van der Waals surface area contributed by atoms with Gasteiger partial charge < -0.3 is 10.6 Å². The molecule has 0 saturated carbocycles. The van der Waals surface area contributed by atoms with Crippen LogP contribution in [0.4, 0.5) is 4.39 Å². The Hall–Kier alpha value is -1.92. The van der Waals surface area contributed by atoms with Crippen LogP contribution in [-0.2, 0) is 11.3 Å². The van der Waals surface area contributed by atoms with E-state index in [1.807, 2.05) is 0 Å². The summed E-state index contributed by atoms with van der Waals surface area (Å²) in [5.41, 5.74) is 0.720. The molecule has 0 aromatic heterocycles. The molecule has 2 N–H and O–H groups in total. The fourth-order valence-electron chi connectivity index (χ4n) is 1.83. The molecule has 0 saturated heterocycles. The van der Waals surface area contributed by atoms with E-state index in [4.69, 9.17) is 11.6 Å². The summed E-state index contributed by atoms with van der Waals surface area (Å²) in [7, 11) is 0. The summed E-state index contributed by atoms with van der Waals surface area (Å²) >= 11 is 9.04. The zero-order chi connectivity index (χ0) is 16.8. The van der Waals surface area contributed by atoms with Gasteiger partial charge in [0, 0.05) is 27.2 Å². The van der Waals surface area contributed by atoms with E-state index in [0.29, 0.717) is 16.1 Å². The van der Waals surface area contributed by atoms with Crippen LogP contribution in [-0.4, -0.2) is 18.4 Å². The van der Waals surface area contributed by atoms with Gasteiger partial charge in [-0.15, -0.1) is 0 Å². The first kappa shape index (κ1) is 17.4. The molecule has 0 heterocycles. The Labute approximate surface area is 146 Å². The quantitative estimate of drug-likeness (QED) is 0.810. The number of carbonyl (C=O) groups is 2. The van der Waals surface area contributed by atoms with Crippen molar-refractivity contribution in [3.63, 3.8) is 0 Å². The SMILES string of the molecule is O=C(CNC(=O)c1cccc(Cl)c1)NCc1cc(Br)ccc1F. The number of nitrogens with one attached hydrogen (secondary N) is 2. The first-order valence-corrected chi connectivity index (χ1v) is 7.87. The molecule has 0 radical (unpaired) electrons. The lowest BCUT2D eigenvalue weighted by Gasteiger charge is -2.08. The summed E-state index contributed by atoms with van der Waals surface area (Å²) in [6, 6.07) is 10.9. The van der Waals surface area contributed by atoms with Gasteiger partial charge >= 0.3 is 0 Å². The van der Waals surface area contributed by atoms with Crippen molar-refractivity contribution in [2.24, 2.45) is 0 Å². The van der Waals surface area contributed by atoms with E-state index in [9.17, 15) is 14.0 Å². The highest BCUT2D eigenvalue weighted by Crippen LogP contribution is 2.15. The Morgan fingerprint density at radius 1 is 1.13 bits per heavy atom. The van der Waals surface area contributed by atoms with Crippen molar-refractivity contribution in [1.29, 1.82) is 0 Å². The summed E-state index contributed by atoms with van der Waals surface area (Å²) in [6.07, 6.45) is 0. The van der Waals surface area contributed by atoms with Gasteiger partial charge in [-0.3, -0.25) is 9.59 Å². The van der Waals surface area contributed by atoms with Crippen LogP contribution < -0.4 is 10.6 Å². The van der Waals surface area contributed by atoms with Crippen LogP contribution in [0.25, 0.3) is 0 Å². The molecule has 0 aliphatic heterocycles. The van der Waals surface area contributed by atoms with E-state index in [2.05, 4.69) is 26.6 Å². The fraction of sp³-hybridized carbons (Fsp3) is 0.125. The molecule has 2 rings (SSSR count). The van der Waals surface area contributed by atoms with Crippen LogP contribution in [0.2, 0.25) is 5.02 Å². The van der Waals surface area contributed by atoms with Crippen molar-refractivity contribution in [3.05, 3.63) is 68.9 Å². The van der Waals surface area contributed by atoms with Gasteiger partial charge in [0.25, 0.3) is 5.91 Å². The average Bonchev–Trinajstić information content (AvgIpc) is 2.53. The summed E-state index contributed by atoms with van der Waals surface area (Å²) in [5, 5.41) is 5.46. The molecule has 2 aromatic rings. The predicted molar refractivity (Wildman–Crippen MR) is 89.7 cm³/mol. The van der Waals surface area contributed by atoms with Crippen molar-refractivity contribution < 1.29 is 14.0 Å². The topological polar surface area (TPSA) is 58.2 Å². The lowest BCUT2D eigenvalue weighted by molar-refractivity contribution is -0.120. The summed E-state index contributed by atoms with van der Waals surface area (Å²) in [4.78, 5) is 23.6. The summed E-state index contributed by atoms with van der Waals surface area (Å²) in [5.74, 6) is -1.23. The minimum absolute atomic E-state index is 0.0388. The monoisotopic (exact) mass is 398 g/mol. The Morgan fingerprint density at radius 2 is 1.91 bits per heavy atom. The van der Waals surface area contributed by atoms with Gasteiger partial charge in [0.1, 0.15) is 5.82 Å². The third-order valence-electron chi connectivity index (χ3n) is 2.98. The van der Waals surface area contributed by atoms with Crippen LogP contribution in [0.3, 0.4) is 0 Å². The molecule has 0 fully saturated rings. The Bertz CT molecular complexity index is 740. The zero-order valence-corrected chi connectivity index (χ0v) is 14.2. The van der Waals surface area contributed by atoms with Crippen LogP contribution in [0.5, 0.6) is 0 Å². The molecule has 0 aliphatic rings. The number of benzene rings is 2. The van der Waals surface area contributed by atoms with Crippen molar-refractivity contribution in [1.82, 2.24) is 10.6 Å². The molecular formula is C16H13BrClFN2O2. The molecule has 2 amide bonds. The van der Waals surface area contributed by atoms with Gasteiger partial charge in [0.2, 0.25) is 5.91 Å². The van der Waals surface area contributed by atoms with Crippen molar-refractivity contribution >= 4 is 39.3 Å². The molecule has 0 bridgehead atoms. The maximum absolute atomic E-state index is 13.5. The van der Waals surface area contributed by atoms with E-state index < -0.39 is 17.6 Å². The smallest absolute Gasteiger partial charge is 0.251 e. The normalized spacial score (nSPS) is 10.2. The number of amides is 2. The molecule has 2 aromatic carbocycles. The molecule has 23 heavy (non-hydrogen) atoms. The maximum Gasteiger partial charge on any atom is 0.251 e. The molecule has 120 valence electrons. The number of halogens is 3. The predicted octanol–water partition coefficient (Wildman–Crippen LogP) is 3.29. The average molecular weight is 400 g/mol. The van der Waals surface area contributed by atoms with Crippen molar-refractivity contribution in [2.45, 2.75) is 6.54 Å². The van der Waals surface area contributed by atoms with E-state index in [0.717, 1.165) is 4.47 Å². The van der Waals surface area contributed by atoms with E-state index >= 15 is 0 Å². The van der Waals surface area contributed by atoms with E-state index in [1.165, 1.54) is 12.1 Å². The van der Waals surface area contributed by atoms with Crippen LogP contribution in [0, 0.1) is 5.82 Å². The molecule has 0 atom stereocenters. The summed E-state index contributed by atoms with van der Waals surface area (Å²) in [6.45, 7) is -0.169. The van der Waals surface area contributed by atoms with Gasteiger partial charge in [-0.2, -0.15) is 0 Å². The Morgan fingerprint density at radius 3 is 2.65 bits per heavy atom. The zero-order valence-electron chi connectivity index (χ0n) is 11.9. The first-order valence-electron chi connectivity index (χ1n) is 6.70. The first-order chi connectivity index (χ1) is 11.0. The van der Waals surface area contributed by atoms with Crippen LogP contribution >= 0.6 is 27.5 Å². The number of rotatable bonds is 5. The van der Waals surface area contributed by atoms with E-state index in [1.54, 1.807) is 30.3 Å². The highest BCUT2D eigenvalue weighted by atomic mass is 79.9. The second-order valence-electron chi connectivity index (χ2n) is 4.71. The van der Waals surface area contributed by atoms with Gasteiger partial charge in [-0.1, -0.05) is 33.6 Å². The number of hydrogen-bond donors (Lipinski definition) is 2. The molecule has 4 nitrogen and oxygen atoms in total. The molecular weight excluding hydrogens is 387 g/mol. The van der Waals surface area contributed by atoms with Gasteiger partial charge in [0.15, 0.2) is 0 Å². The van der Waals surface area contributed by atoms with Crippen LogP contribution in [0.15, 0.2) is 46.9 Å². The second kappa shape index (κ2) is 8.08. The third kappa shape index (κ3) is 5.33. The minimum atomic E-state index is -0.417. The van der Waals surface area contributed by atoms with Gasteiger partial charge in [-0.05, 0) is 36.4 Å². The Kier molecular flexibility index (Phi) is 6.12. The largest absolute Gasteiger partial charge is 0.350 e. The number of hydrogen-bond acceptors (Lipinski definition) is 2. The summed E-state index contributed by atoms with van der Waals surface area (Å²) < 4.78 is 14.3. The van der Waals surface area contributed by atoms with Crippen LogP contribution in [0.1, 0.15) is 15.9 Å². The van der Waals surface area contributed by atoms with Gasteiger partial charge in [-0.25, -0.2) is 4.39 Å². The molecule has 7 heteroatoms. The van der Waals surface area contributed by atoms with Crippen molar-refractivity contribution in [2.75, 3.05) is 6.54 Å². The standard InChI is InChI=1S/C16H13BrClFN2O2/c17-12-4-5-14(19)11(6-12)8-20-15(22)9-21-16(23)10-2-1-3-13(18)7-10/h1-7H,8-9H2,(H,20,22)(H,21,23). The van der Waals surface area contributed by atoms with Gasteiger partial charge in [0.05, 0.1) is 6.54 Å². The fourth-order valence-corrected chi connectivity index (χ4v) is 2.43. The highest BCUT2D eigenvalue weighted by molar-refractivity contribution is 9.10. The molecule has 0 spiro atoms. The highest BCUT2D eigenvalue weighted by Gasteiger charge is 2.09. The third-order valence-corrected chi connectivity index (χ3v) is 3.71. The maximum atomic E-state index is 13.5. The van der Waals surface area contributed by atoms with Crippen molar-refractivity contribution in [3.8, 4) is 0 Å². The number of carbonyl (C=O) groups excluding carboxylic acids is 2. The lowest BCUT2D eigenvalue weighted by Crippen LogP contribution is -2.36. The lowest BCUT2D eigenvalue weighted by atomic mass is 10.2. The minimum Gasteiger partial charge on any atom is -0.350 e. The molecule has 0 aliphatic carbocycles. The molecule has 0 unspecified atom stereocenters. The van der Waals surface area contributed by atoms with E-state index in [-0.39, 0.29) is 13.1 Å². The second-order valence-corrected chi connectivity index (χ2v) is 6.06.